The number of anilines is 1. The van der Waals surface area contributed by atoms with Gasteiger partial charge in [-0.3, -0.25) is 4.79 Å². The van der Waals surface area contributed by atoms with Gasteiger partial charge in [0.15, 0.2) is 5.82 Å². The first kappa shape index (κ1) is 15.0. The highest BCUT2D eigenvalue weighted by atomic mass is 16.1. The lowest BCUT2D eigenvalue weighted by atomic mass is 10.1. The fraction of sp³-hybridized carbons (Fsp3) is 0. The highest BCUT2D eigenvalue weighted by Gasteiger charge is 2.06. The number of aromatic nitrogens is 2. The number of rotatable bonds is 3. The zero-order valence-electron chi connectivity index (χ0n) is 13.4. The molecule has 0 saturated carbocycles. The van der Waals surface area contributed by atoms with Gasteiger partial charge in [0.05, 0.1) is 5.52 Å². The summed E-state index contributed by atoms with van der Waals surface area (Å²) < 4.78 is 0. The molecule has 1 aromatic heterocycles. The molecule has 0 fully saturated rings. The Morgan fingerprint density at radius 3 is 2.32 bits per heavy atom. The van der Waals surface area contributed by atoms with Crippen LogP contribution in [0.2, 0.25) is 0 Å². The minimum atomic E-state index is -0.129. The highest BCUT2D eigenvalue weighted by Crippen LogP contribution is 2.20. The van der Waals surface area contributed by atoms with Crippen molar-refractivity contribution in [3.63, 3.8) is 0 Å². The van der Waals surface area contributed by atoms with Crippen molar-refractivity contribution in [2.75, 3.05) is 5.32 Å². The van der Waals surface area contributed by atoms with E-state index in [1.165, 1.54) is 0 Å². The SMILES string of the molecule is O=C(Nc1ccc(-c2ncc3ccccc3n2)cc1)c1ccccc1. The number of carbonyl (C=O) groups excluding carboxylic acids is 1. The van der Waals surface area contributed by atoms with Crippen LogP contribution in [0.4, 0.5) is 5.69 Å². The average molecular weight is 325 g/mol. The summed E-state index contributed by atoms with van der Waals surface area (Å²) in [7, 11) is 0. The van der Waals surface area contributed by atoms with E-state index >= 15 is 0 Å². The molecule has 0 aliphatic rings. The van der Waals surface area contributed by atoms with Gasteiger partial charge in [0, 0.05) is 28.4 Å². The lowest BCUT2D eigenvalue weighted by Gasteiger charge is -2.07. The van der Waals surface area contributed by atoms with E-state index in [0.29, 0.717) is 11.4 Å². The van der Waals surface area contributed by atoms with Crippen LogP contribution in [0.25, 0.3) is 22.3 Å². The van der Waals surface area contributed by atoms with Crippen molar-refractivity contribution in [1.29, 1.82) is 0 Å². The minimum Gasteiger partial charge on any atom is -0.322 e. The summed E-state index contributed by atoms with van der Waals surface area (Å²) >= 11 is 0. The third-order valence-electron chi connectivity index (χ3n) is 3.93. The van der Waals surface area contributed by atoms with Gasteiger partial charge in [-0.1, -0.05) is 36.4 Å². The molecule has 4 rings (SSSR count). The molecule has 4 heteroatoms. The summed E-state index contributed by atoms with van der Waals surface area (Å²) in [5.41, 5.74) is 3.18. The van der Waals surface area contributed by atoms with E-state index in [1.807, 2.05) is 72.9 Å². The number of nitrogens with zero attached hydrogens (tertiary/aromatic N) is 2. The molecule has 0 saturated heterocycles. The first-order valence-electron chi connectivity index (χ1n) is 7.98. The van der Waals surface area contributed by atoms with Gasteiger partial charge in [0.1, 0.15) is 0 Å². The van der Waals surface area contributed by atoms with Crippen LogP contribution < -0.4 is 5.32 Å². The van der Waals surface area contributed by atoms with Crippen molar-refractivity contribution in [3.8, 4) is 11.4 Å². The second-order valence-corrected chi connectivity index (χ2v) is 5.65. The molecule has 25 heavy (non-hydrogen) atoms. The molecule has 4 nitrogen and oxygen atoms in total. The van der Waals surface area contributed by atoms with Crippen LogP contribution in [0.3, 0.4) is 0 Å². The number of hydrogen-bond donors (Lipinski definition) is 1. The van der Waals surface area contributed by atoms with Crippen LogP contribution in [0.1, 0.15) is 10.4 Å². The van der Waals surface area contributed by atoms with Gasteiger partial charge in [0.2, 0.25) is 0 Å². The van der Waals surface area contributed by atoms with Gasteiger partial charge in [-0.05, 0) is 42.5 Å². The van der Waals surface area contributed by atoms with Crippen LogP contribution in [0.15, 0.2) is 85.1 Å². The molecular formula is C21H15N3O. The number of hydrogen-bond acceptors (Lipinski definition) is 3. The Hall–Kier alpha value is -3.53. The first-order valence-corrected chi connectivity index (χ1v) is 7.98. The third-order valence-corrected chi connectivity index (χ3v) is 3.93. The van der Waals surface area contributed by atoms with E-state index < -0.39 is 0 Å². The quantitative estimate of drug-likeness (QED) is 0.601. The van der Waals surface area contributed by atoms with Crippen molar-refractivity contribution >= 4 is 22.5 Å². The van der Waals surface area contributed by atoms with Gasteiger partial charge < -0.3 is 5.32 Å². The molecule has 4 aromatic rings. The summed E-state index contributed by atoms with van der Waals surface area (Å²) in [6.45, 7) is 0. The van der Waals surface area contributed by atoms with Gasteiger partial charge in [0.25, 0.3) is 5.91 Å². The zero-order valence-corrected chi connectivity index (χ0v) is 13.4. The minimum absolute atomic E-state index is 0.129. The lowest BCUT2D eigenvalue weighted by Crippen LogP contribution is -2.11. The van der Waals surface area contributed by atoms with Crippen molar-refractivity contribution in [1.82, 2.24) is 9.97 Å². The van der Waals surface area contributed by atoms with Crippen molar-refractivity contribution in [3.05, 3.63) is 90.6 Å². The maximum Gasteiger partial charge on any atom is 0.255 e. The predicted octanol–water partition coefficient (Wildman–Crippen LogP) is 4.55. The number of nitrogens with one attached hydrogen (secondary N) is 1. The van der Waals surface area contributed by atoms with Gasteiger partial charge in [-0.15, -0.1) is 0 Å². The van der Waals surface area contributed by atoms with Gasteiger partial charge in [-0.25, -0.2) is 9.97 Å². The summed E-state index contributed by atoms with van der Waals surface area (Å²) in [6.07, 6.45) is 1.82. The average Bonchev–Trinajstić information content (AvgIpc) is 2.69. The Morgan fingerprint density at radius 1 is 0.800 bits per heavy atom. The van der Waals surface area contributed by atoms with Crippen LogP contribution in [0, 0.1) is 0 Å². The van der Waals surface area contributed by atoms with Crippen LogP contribution in [-0.4, -0.2) is 15.9 Å². The summed E-state index contributed by atoms with van der Waals surface area (Å²) in [5.74, 6) is 0.537. The van der Waals surface area contributed by atoms with Crippen LogP contribution in [-0.2, 0) is 0 Å². The molecule has 1 heterocycles. The number of para-hydroxylation sites is 1. The smallest absolute Gasteiger partial charge is 0.255 e. The maximum absolute atomic E-state index is 12.2. The second kappa shape index (κ2) is 6.53. The lowest BCUT2D eigenvalue weighted by molar-refractivity contribution is 0.102. The largest absolute Gasteiger partial charge is 0.322 e. The third kappa shape index (κ3) is 3.23. The monoisotopic (exact) mass is 325 g/mol. The number of amides is 1. The van der Waals surface area contributed by atoms with Crippen molar-refractivity contribution < 1.29 is 4.79 Å². The topological polar surface area (TPSA) is 54.9 Å². The molecule has 0 aliphatic carbocycles. The molecule has 3 aromatic carbocycles. The van der Waals surface area contributed by atoms with E-state index in [-0.39, 0.29) is 5.91 Å². The molecule has 0 radical (unpaired) electrons. The Bertz CT molecular complexity index is 1030. The summed E-state index contributed by atoms with van der Waals surface area (Å²) in [4.78, 5) is 21.2. The van der Waals surface area contributed by atoms with Crippen molar-refractivity contribution in [2.24, 2.45) is 0 Å². The number of carbonyl (C=O) groups is 1. The van der Waals surface area contributed by atoms with E-state index in [4.69, 9.17) is 0 Å². The molecule has 0 bridgehead atoms. The van der Waals surface area contributed by atoms with Gasteiger partial charge in [-0.2, -0.15) is 0 Å². The van der Waals surface area contributed by atoms with Crippen LogP contribution in [0.5, 0.6) is 0 Å². The standard InChI is InChI=1S/C21H15N3O/c25-21(16-6-2-1-3-7-16)23-18-12-10-15(11-13-18)20-22-14-17-8-4-5-9-19(17)24-20/h1-14H,(H,23,25). The van der Waals surface area contributed by atoms with E-state index in [0.717, 1.165) is 22.2 Å². The van der Waals surface area contributed by atoms with Gasteiger partial charge >= 0.3 is 0 Å². The Balaban J connectivity index is 1.56. The zero-order chi connectivity index (χ0) is 17.1. The first-order chi connectivity index (χ1) is 12.3. The molecule has 0 unspecified atom stereocenters. The maximum atomic E-state index is 12.2. The fourth-order valence-electron chi connectivity index (χ4n) is 2.61. The van der Waals surface area contributed by atoms with E-state index in [9.17, 15) is 4.79 Å². The number of benzene rings is 3. The molecular weight excluding hydrogens is 310 g/mol. The summed E-state index contributed by atoms with van der Waals surface area (Å²) in [6, 6.07) is 24.5. The molecule has 0 atom stereocenters. The van der Waals surface area contributed by atoms with Crippen molar-refractivity contribution in [2.45, 2.75) is 0 Å². The second-order valence-electron chi connectivity index (χ2n) is 5.65. The Labute approximate surface area is 145 Å². The predicted molar refractivity (Wildman–Crippen MR) is 99.4 cm³/mol. The molecule has 1 N–H and O–H groups in total. The van der Waals surface area contributed by atoms with E-state index in [1.54, 1.807) is 12.1 Å². The normalized spacial score (nSPS) is 10.6. The Morgan fingerprint density at radius 2 is 1.52 bits per heavy atom. The summed E-state index contributed by atoms with van der Waals surface area (Å²) in [5, 5.41) is 3.90. The molecule has 0 aliphatic heterocycles. The molecule has 120 valence electrons. The Kier molecular flexibility index (Phi) is 3.92. The molecule has 1 amide bonds. The molecule has 0 spiro atoms. The van der Waals surface area contributed by atoms with Crippen LogP contribution >= 0.6 is 0 Å². The highest BCUT2D eigenvalue weighted by molar-refractivity contribution is 6.04. The fourth-order valence-corrected chi connectivity index (χ4v) is 2.61. The number of fused-ring (bicyclic) bond motifs is 1. The van der Waals surface area contributed by atoms with E-state index in [2.05, 4.69) is 15.3 Å².